The van der Waals surface area contributed by atoms with Crippen LogP contribution in [0.5, 0.6) is 5.75 Å². The minimum absolute atomic E-state index is 0.0115. The minimum atomic E-state index is 0.0115. The predicted octanol–water partition coefficient (Wildman–Crippen LogP) is 3.65. The number of hydrogen-bond donors (Lipinski definition) is 1. The highest BCUT2D eigenvalue weighted by Crippen LogP contribution is 2.25. The van der Waals surface area contributed by atoms with E-state index in [-0.39, 0.29) is 11.7 Å². The molecule has 1 N–H and O–H groups in total. The molecule has 6 nitrogen and oxygen atoms in total. The van der Waals surface area contributed by atoms with Gasteiger partial charge in [-0.05, 0) is 61.9 Å². The van der Waals surface area contributed by atoms with Crippen molar-refractivity contribution in [3.63, 3.8) is 0 Å². The quantitative estimate of drug-likeness (QED) is 0.690. The molecule has 29 heavy (non-hydrogen) atoms. The molecule has 1 aromatic heterocycles. The van der Waals surface area contributed by atoms with Crippen LogP contribution in [-0.4, -0.2) is 54.9 Å². The van der Waals surface area contributed by atoms with Gasteiger partial charge in [-0.15, -0.1) is 0 Å². The minimum Gasteiger partial charge on any atom is -0.497 e. The first-order valence-corrected chi connectivity index (χ1v) is 9.79. The summed E-state index contributed by atoms with van der Waals surface area (Å²) < 4.78 is 5.22. The van der Waals surface area contributed by atoms with Gasteiger partial charge in [0.25, 0.3) is 5.91 Å². The van der Waals surface area contributed by atoms with E-state index in [1.807, 2.05) is 48.2 Å². The zero-order valence-corrected chi connectivity index (χ0v) is 17.0. The predicted molar refractivity (Wildman–Crippen MR) is 114 cm³/mol. The number of Topliss-reactive ketones (excluding diaryl/α,β-unsaturated/α-hetero) is 1. The van der Waals surface area contributed by atoms with Crippen LogP contribution in [-0.2, 0) is 0 Å². The number of aryl methyl sites for hydroxylation is 1. The monoisotopic (exact) mass is 391 g/mol. The lowest BCUT2D eigenvalue weighted by molar-refractivity contribution is 0.0741. The molecule has 4 rings (SSSR count). The van der Waals surface area contributed by atoms with Crippen molar-refractivity contribution in [1.82, 2.24) is 9.88 Å². The van der Waals surface area contributed by atoms with Crippen molar-refractivity contribution in [3.8, 4) is 5.75 Å². The second-order valence-corrected chi connectivity index (χ2v) is 7.42. The van der Waals surface area contributed by atoms with E-state index in [4.69, 9.17) is 4.74 Å². The van der Waals surface area contributed by atoms with Crippen LogP contribution in [0, 0.1) is 6.92 Å². The molecular weight excluding hydrogens is 366 g/mol. The summed E-state index contributed by atoms with van der Waals surface area (Å²) in [6.45, 7) is 6.38. The Morgan fingerprint density at radius 1 is 1.00 bits per heavy atom. The Bertz CT molecular complexity index is 1060. The van der Waals surface area contributed by atoms with Gasteiger partial charge in [-0.1, -0.05) is 0 Å². The number of nitrogens with zero attached hydrogens (tertiary/aromatic N) is 2. The van der Waals surface area contributed by atoms with E-state index in [0.29, 0.717) is 24.3 Å². The normalized spacial score (nSPS) is 14.3. The Balaban J connectivity index is 1.49. The SMILES string of the molecule is COc1ccc(N2CCN(C(=O)c3[nH]c4ccc(C(C)=O)cc4c3C)CC2)cc1. The highest BCUT2D eigenvalue weighted by atomic mass is 16.5. The fourth-order valence-electron chi connectivity index (χ4n) is 3.88. The third-order valence-electron chi connectivity index (χ3n) is 5.68. The van der Waals surface area contributed by atoms with Crippen LogP contribution in [0.2, 0.25) is 0 Å². The van der Waals surface area contributed by atoms with Crippen LogP contribution in [0.4, 0.5) is 5.69 Å². The van der Waals surface area contributed by atoms with Crippen LogP contribution in [0.3, 0.4) is 0 Å². The van der Waals surface area contributed by atoms with Crippen molar-refractivity contribution >= 4 is 28.3 Å². The summed E-state index contributed by atoms with van der Waals surface area (Å²) in [5.41, 5.74) is 4.18. The number of amides is 1. The Hall–Kier alpha value is -3.28. The molecule has 3 aromatic rings. The van der Waals surface area contributed by atoms with Crippen molar-refractivity contribution in [3.05, 3.63) is 59.3 Å². The fourth-order valence-corrected chi connectivity index (χ4v) is 3.88. The van der Waals surface area contributed by atoms with Crippen molar-refractivity contribution < 1.29 is 14.3 Å². The second-order valence-electron chi connectivity index (χ2n) is 7.42. The summed E-state index contributed by atoms with van der Waals surface area (Å²) in [5.74, 6) is 0.872. The van der Waals surface area contributed by atoms with Crippen LogP contribution in [0.15, 0.2) is 42.5 Å². The Kier molecular flexibility index (Phi) is 5.01. The Labute approximate surface area is 170 Å². The van der Waals surface area contributed by atoms with Gasteiger partial charge in [0.1, 0.15) is 11.4 Å². The number of carbonyl (C=O) groups is 2. The first-order chi connectivity index (χ1) is 14.0. The molecule has 1 fully saturated rings. The number of aromatic nitrogens is 1. The standard InChI is InChI=1S/C23H25N3O3/c1-15-20-14-17(16(2)27)4-9-21(20)24-22(15)23(28)26-12-10-25(11-13-26)18-5-7-19(29-3)8-6-18/h4-9,14,24H,10-13H2,1-3H3. The van der Waals surface area contributed by atoms with Gasteiger partial charge < -0.3 is 19.5 Å². The topological polar surface area (TPSA) is 65.6 Å². The molecule has 2 aromatic carbocycles. The number of piperazine rings is 1. The van der Waals surface area contributed by atoms with Crippen LogP contribution >= 0.6 is 0 Å². The summed E-state index contributed by atoms with van der Waals surface area (Å²) in [6.07, 6.45) is 0. The number of fused-ring (bicyclic) bond motifs is 1. The van der Waals surface area contributed by atoms with Gasteiger partial charge in [-0.2, -0.15) is 0 Å². The van der Waals surface area contributed by atoms with Gasteiger partial charge >= 0.3 is 0 Å². The fraction of sp³-hybridized carbons (Fsp3) is 0.304. The van der Waals surface area contributed by atoms with Gasteiger partial charge in [0.05, 0.1) is 7.11 Å². The van der Waals surface area contributed by atoms with E-state index in [1.165, 1.54) is 0 Å². The Morgan fingerprint density at radius 3 is 2.31 bits per heavy atom. The van der Waals surface area contributed by atoms with E-state index in [0.717, 1.165) is 41.0 Å². The maximum Gasteiger partial charge on any atom is 0.270 e. The number of carbonyl (C=O) groups excluding carboxylic acids is 2. The summed E-state index contributed by atoms with van der Waals surface area (Å²) >= 11 is 0. The van der Waals surface area contributed by atoms with E-state index in [2.05, 4.69) is 9.88 Å². The van der Waals surface area contributed by atoms with E-state index in [9.17, 15) is 9.59 Å². The van der Waals surface area contributed by atoms with Gasteiger partial charge in [0, 0.05) is 48.3 Å². The lowest BCUT2D eigenvalue weighted by Gasteiger charge is -2.36. The third-order valence-corrected chi connectivity index (χ3v) is 5.68. The number of ketones is 1. The Morgan fingerprint density at radius 2 is 1.69 bits per heavy atom. The average Bonchev–Trinajstić information content (AvgIpc) is 3.09. The summed E-state index contributed by atoms with van der Waals surface area (Å²) in [4.78, 5) is 32.2. The molecule has 0 spiro atoms. The number of H-pyrrole nitrogens is 1. The van der Waals surface area contributed by atoms with Crippen molar-refractivity contribution in [1.29, 1.82) is 0 Å². The number of nitrogens with one attached hydrogen (secondary N) is 1. The van der Waals surface area contributed by atoms with E-state index >= 15 is 0 Å². The van der Waals surface area contributed by atoms with Gasteiger partial charge in [-0.3, -0.25) is 9.59 Å². The largest absolute Gasteiger partial charge is 0.497 e. The van der Waals surface area contributed by atoms with Gasteiger partial charge in [-0.25, -0.2) is 0 Å². The van der Waals surface area contributed by atoms with Crippen molar-refractivity contribution in [2.45, 2.75) is 13.8 Å². The number of methoxy groups -OCH3 is 1. The second kappa shape index (κ2) is 7.62. The first-order valence-electron chi connectivity index (χ1n) is 9.79. The molecular formula is C23H25N3O3. The summed E-state index contributed by atoms with van der Waals surface area (Å²) in [6, 6.07) is 13.5. The molecule has 0 atom stereocenters. The molecule has 150 valence electrons. The molecule has 1 aliphatic heterocycles. The number of aromatic amines is 1. The van der Waals surface area contributed by atoms with Crippen LogP contribution in [0.1, 0.15) is 33.3 Å². The van der Waals surface area contributed by atoms with Gasteiger partial charge in [0.15, 0.2) is 5.78 Å². The first kappa shape index (κ1) is 19.1. The zero-order valence-electron chi connectivity index (χ0n) is 17.0. The van der Waals surface area contributed by atoms with E-state index < -0.39 is 0 Å². The maximum atomic E-state index is 13.1. The van der Waals surface area contributed by atoms with Crippen LogP contribution < -0.4 is 9.64 Å². The van der Waals surface area contributed by atoms with Crippen LogP contribution in [0.25, 0.3) is 10.9 Å². The highest BCUT2D eigenvalue weighted by Gasteiger charge is 2.25. The third kappa shape index (κ3) is 3.58. The number of benzene rings is 2. The lowest BCUT2D eigenvalue weighted by Crippen LogP contribution is -2.49. The molecule has 1 amide bonds. The number of rotatable bonds is 4. The van der Waals surface area contributed by atoms with Crippen molar-refractivity contribution in [2.24, 2.45) is 0 Å². The molecule has 0 aliphatic carbocycles. The van der Waals surface area contributed by atoms with E-state index in [1.54, 1.807) is 20.1 Å². The molecule has 0 unspecified atom stereocenters. The number of ether oxygens (including phenoxy) is 1. The molecule has 1 saturated heterocycles. The van der Waals surface area contributed by atoms with Gasteiger partial charge in [0.2, 0.25) is 0 Å². The molecule has 1 aliphatic rings. The summed E-state index contributed by atoms with van der Waals surface area (Å²) in [5, 5.41) is 0.929. The molecule has 0 bridgehead atoms. The summed E-state index contributed by atoms with van der Waals surface area (Å²) in [7, 11) is 1.66. The highest BCUT2D eigenvalue weighted by molar-refractivity contribution is 6.04. The molecule has 0 saturated carbocycles. The molecule has 0 radical (unpaired) electrons. The van der Waals surface area contributed by atoms with Crippen molar-refractivity contribution in [2.75, 3.05) is 38.2 Å². The molecule has 6 heteroatoms. The number of anilines is 1. The lowest BCUT2D eigenvalue weighted by atomic mass is 10.1. The molecule has 2 heterocycles. The smallest absolute Gasteiger partial charge is 0.270 e. The zero-order chi connectivity index (χ0) is 20.5. The number of hydrogen-bond acceptors (Lipinski definition) is 4. The average molecular weight is 391 g/mol. The maximum absolute atomic E-state index is 13.1.